The van der Waals surface area contributed by atoms with Gasteiger partial charge in [-0.05, 0) is 98.6 Å². The summed E-state index contributed by atoms with van der Waals surface area (Å²) < 4.78 is 25.3. The molecule has 0 saturated heterocycles. The van der Waals surface area contributed by atoms with Crippen LogP contribution in [0.15, 0.2) is 42.5 Å². The van der Waals surface area contributed by atoms with Gasteiger partial charge in [-0.1, -0.05) is 41.9 Å². The number of halogens is 1. The number of fused-ring (bicyclic) bond motifs is 1. The number of hydrogen-bond acceptors (Lipinski definition) is 4. The Labute approximate surface area is 197 Å². The Bertz CT molecular complexity index is 1050. The van der Waals surface area contributed by atoms with E-state index in [-0.39, 0.29) is 17.7 Å². The highest BCUT2D eigenvalue weighted by molar-refractivity contribution is 7.92. The van der Waals surface area contributed by atoms with Crippen molar-refractivity contribution in [2.45, 2.75) is 75.1 Å². The Balaban J connectivity index is 1.44. The lowest BCUT2D eigenvalue weighted by molar-refractivity contribution is 0.466. The fourth-order valence-electron chi connectivity index (χ4n) is 4.85. The first-order valence-corrected chi connectivity index (χ1v) is 13.8. The van der Waals surface area contributed by atoms with Crippen molar-refractivity contribution in [2.75, 3.05) is 5.75 Å². The third-order valence-electron chi connectivity index (χ3n) is 7.24. The van der Waals surface area contributed by atoms with Crippen LogP contribution in [0.5, 0.6) is 0 Å². The summed E-state index contributed by atoms with van der Waals surface area (Å²) in [5, 5.41) is 0.746. The zero-order valence-electron chi connectivity index (χ0n) is 18.9. The predicted octanol–water partition coefficient (Wildman–Crippen LogP) is 4.76. The van der Waals surface area contributed by atoms with Crippen LogP contribution in [0.2, 0.25) is 5.02 Å². The predicted molar refractivity (Wildman–Crippen MR) is 133 cm³/mol. The van der Waals surface area contributed by atoms with Gasteiger partial charge in [0.15, 0.2) is 9.84 Å². The molecule has 3 atom stereocenters. The molecule has 0 aromatic heterocycles. The van der Waals surface area contributed by atoms with Gasteiger partial charge in [0.05, 0.1) is 5.75 Å². The van der Waals surface area contributed by atoms with E-state index in [1.807, 2.05) is 12.1 Å². The summed E-state index contributed by atoms with van der Waals surface area (Å²) in [6.45, 7) is 1.68. The highest BCUT2D eigenvalue weighted by Crippen LogP contribution is 2.36. The number of aryl methyl sites for hydroxylation is 2. The van der Waals surface area contributed by atoms with Crippen molar-refractivity contribution in [2.24, 2.45) is 17.4 Å². The molecule has 0 radical (unpaired) electrons. The van der Waals surface area contributed by atoms with Crippen LogP contribution >= 0.6 is 11.6 Å². The molecule has 2 aromatic rings. The minimum atomic E-state index is -3.27. The van der Waals surface area contributed by atoms with Crippen molar-refractivity contribution in [3.8, 4) is 0 Å². The summed E-state index contributed by atoms with van der Waals surface area (Å²) in [5.41, 5.74) is 18.0. The van der Waals surface area contributed by atoms with Gasteiger partial charge in [-0.25, -0.2) is 8.42 Å². The molecule has 4 nitrogen and oxygen atoms in total. The number of sulfone groups is 1. The third kappa shape index (κ3) is 5.56. The highest BCUT2D eigenvalue weighted by Gasteiger charge is 2.39. The molecule has 4 N–H and O–H groups in total. The molecule has 0 aliphatic heterocycles. The molecule has 174 valence electrons. The normalized spacial score (nSPS) is 22.9. The van der Waals surface area contributed by atoms with Crippen molar-refractivity contribution in [1.29, 1.82) is 0 Å². The van der Waals surface area contributed by atoms with E-state index in [9.17, 15) is 8.42 Å². The number of rotatable bonds is 9. The Morgan fingerprint density at radius 3 is 2.44 bits per heavy atom. The van der Waals surface area contributed by atoms with Crippen molar-refractivity contribution < 1.29 is 8.42 Å². The second-order valence-electron chi connectivity index (χ2n) is 10.1. The molecule has 0 spiro atoms. The Kier molecular flexibility index (Phi) is 7.02. The minimum absolute atomic E-state index is 0.133. The fourth-order valence-corrected chi connectivity index (χ4v) is 6.76. The average Bonchev–Trinajstić information content (AvgIpc) is 3.55. The molecule has 6 heteroatoms. The number of hydrogen-bond donors (Lipinski definition) is 2. The quantitative estimate of drug-likeness (QED) is 0.548. The average molecular weight is 475 g/mol. The number of benzene rings is 2. The van der Waals surface area contributed by atoms with Crippen molar-refractivity contribution in [1.82, 2.24) is 0 Å². The molecule has 1 saturated carbocycles. The molecule has 4 rings (SSSR count). The number of nitrogens with two attached hydrogens (primary N) is 2. The first kappa shape index (κ1) is 23.7. The fraction of sp³-hybridized carbons (Fsp3) is 0.538. The van der Waals surface area contributed by atoms with E-state index >= 15 is 0 Å². The monoisotopic (exact) mass is 474 g/mol. The van der Waals surface area contributed by atoms with Gasteiger partial charge in [0, 0.05) is 17.0 Å². The summed E-state index contributed by atoms with van der Waals surface area (Å²) in [6, 6.07) is 14.9. The van der Waals surface area contributed by atoms with E-state index in [2.05, 4.69) is 30.3 Å². The Hall–Kier alpha value is -1.40. The maximum atomic E-state index is 12.7. The standard InChI is InChI=1S/C26H35ClN2O2S/c1-26(29,32(30,31)17-20-4-5-20)14-2-3-18-6-9-21-10-13-25(28)24(23(21)15-18)16-19-7-11-22(27)12-8-19/h6-9,11-12,15,20,24-25H,2-5,10,13-14,16-17,28-29H2,1H3. The zero-order valence-corrected chi connectivity index (χ0v) is 20.5. The second-order valence-corrected chi connectivity index (χ2v) is 13.0. The molecule has 2 aromatic carbocycles. The molecular formula is C26H35ClN2O2S. The molecule has 1 fully saturated rings. The highest BCUT2D eigenvalue weighted by atomic mass is 35.5. The Morgan fingerprint density at radius 1 is 1.06 bits per heavy atom. The van der Waals surface area contributed by atoms with Gasteiger partial charge < -0.3 is 11.5 Å². The molecule has 0 heterocycles. The molecule has 0 bridgehead atoms. The van der Waals surface area contributed by atoms with Crippen molar-refractivity contribution >= 4 is 21.4 Å². The van der Waals surface area contributed by atoms with E-state index in [1.165, 1.54) is 22.3 Å². The van der Waals surface area contributed by atoms with Gasteiger partial charge in [0.25, 0.3) is 0 Å². The van der Waals surface area contributed by atoms with Crippen LogP contribution < -0.4 is 11.5 Å². The molecule has 0 amide bonds. The van der Waals surface area contributed by atoms with E-state index < -0.39 is 14.7 Å². The van der Waals surface area contributed by atoms with Crippen LogP contribution in [0.4, 0.5) is 0 Å². The summed E-state index contributed by atoms with van der Waals surface area (Å²) in [5.74, 6) is 0.840. The summed E-state index contributed by atoms with van der Waals surface area (Å²) in [4.78, 5) is -1.15. The van der Waals surface area contributed by atoms with Crippen LogP contribution in [0.25, 0.3) is 0 Å². The van der Waals surface area contributed by atoms with Gasteiger partial charge in [0.2, 0.25) is 0 Å². The SMILES string of the molecule is CC(N)(CCCc1ccc2c(c1)C(Cc1ccc(Cl)cc1)C(N)CC2)S(=O)(=O)CC1CC1. The molecule has 3 unspecified atom stereocenters. The van der Waals surface area contributed by atoms with Crippen LogP contribution in [-0.4, -0.2) is 25.1 Å². The minimum Gasteiger partial charge on any atom is -0.327 e. The molecular weight excluding hydrogens is 440 g/mol. The maximum Gasteiger partial charge on any atom is 0.168 e. The summed E-state index contributed by atoms with van der Waals surface area (Å²) in [7, 11) is -3.27. The molecule has 32 heavy (non-hydrogen) atoms. The van der Waals surface area contributed by atoms with Crippen LogP contribution in [0.3, 0.4) is 0 Å². The smallest absolute Gasteiger partial charge is 0.168 e. The van der Waals surface area contributed by atoms with E-state index in [0.717, 1.165) is 50.0 Å². The first-order valence-electron chi connectivity index (χ1n) is 11.8. The topological polar surface area (TPSA) is 86.2 Å². The van der Waals surface area contributed by atoms with Gasteiger partial charge in [-0.3, -0.25) is 0 Å². The maximum absolute atomic E-state index is 12.7. The lowest BCUT2D eigenvalue weighted by atomic mass is 9.76. The van der Waals surface area contributed by atoms with E-state index in [1.54, 1.807) is 6.92 Å². The largest absolute Gasteiger partial charge is 0.327 e. The third-order valence-corrected chi connectivity index (χ3v) is 10.0. The zero-order chi connectivity index (χ0) is 22.9. The van der Waals surface area contributed by atoms with Crippen molar-refractivity contribution in [3.05, 3.63) is 69.7 Å². The van der Waals surface area contributed by atoms with Gasteiger partial charge in [-0.15, -0.1) is 0 Å². The second kappa shape index (κ2) is 9.46. The van der Waals surface area contributed by atoms with Crippen LogP contribution in [-0.2, 0) is 29.1 Å². The molecule has 2 aliphatic rings. The van der Waals surface area contributed by atoms with E-state index in [4.69, 9.17) is 23.1 Å². The van der Waals surface area contributed by atoms with Gasteiger partial charge in [0.1, 0.15) is 4.87 Å². The van der Waals surface area contributed by atoms with Crippen LogP contribution in [0, 0.1) is 5.92 Å². The van der Waals surface area contributed by atoms with Gasteiger partial charge in [-0.2, -0.15) is 0 Å². The molecule has 2 aliphatic carbocycles. The first-order chi connectivity index (χ1) is 15.1. The summed E-state index contributed by atoms with van der Waals surface area (Å²) >= 11 is 6.05. The Morgan fingerprint density at radius 2 is 1.75 bits per heavy atom. The van der Waals surface area contributed by atoms with E-state index in [0.29, 0.717) is 12.3 Å². The van der Waals surface area contributed by atoms with Crippen molar-refractivity contribution in [3.63, 3.8) is 0 Å². The lowest BCUT2D eigenvalue weighted by Gasteiger charge is -2.32. The lowest BCUT2D eigenvalue weighted by Crippen LogP contribution is -2.46. The summed E-state index contributed by atoms with van der Waals surface area (Å²) in [6.07, 6.45) is 6.99. The van der Waals surface area contributed by atoms with Crippen LogP contribution in [0.1, 0.15) is 67.2 Å². The van der Waals surface area contributed by atoms with Gasteiger partial charge >= 0.3 is 0 Å².